The van der Waals surface area contributed by atoms with E-state index in [9.17, 15) is 18.0 Å². The van der Waals surface area contributed by atoms with E-state index in [1.165, 1.54) is 87.8 Å². The molecule has 0 aliphatic carbocycles. The van der Waals surface area contributed by atoms with Gasteiger partial charge in [0.1, 0.15) is 6.10 Å². The third-order valence-corrected chi connectivity index (χ3v) is 6.82. The minimum absolute atomic E-state index is 0.329. The zero-order valence-electron chi connectivity index (χ0n) is 22.8. The molecule has 0 radical (unpaired) electrons. The fourth-order valence-electron chi connectivity index (χ4n) is 4.56. The molecule has 0 N–H and O–H groups in total. The summed E-state index contributed by atoms with van der Waals surface area (Å²) in [6.45, 7) is 4.58. The van der Waals surface area contributed by atoms with Crippen LogP contribution in [-0.4, -0.2) is 25.4 Å². The summed E-state index contributed by atoms with van der Waals surface area (Å²) in [7, 11) is 0.862. The standard InChI is InChI=1S/C31H45F3O3/c1-5-7-20-26(3)21-16-13-11-9-10-12-14-19-25-28(24-8-6-2)37-29(35)30(36-4,31(32,33)34)27-22-17-15-18-23-27/h2,8,15,17-18,22-24,26,28H,5,7,9-14,16,19-21,25H2,1,3-4H3/b24-8-/t26?,28-,30+/m1/s1. The molecule has 0 aliphatic rings. The van der Waals surface area contributed by atoms with Crippen molar-refractivity contribution < 1.29 is 27.4 Å². The Morgan fingerprint density at radius 3 is 2.00 bits per heavy atom. The van der Waals surface area contributed by atoms with Gasteiger partial charge < -0.3 is 9.47 Å². The van der Waals surface area contributed by atoms with E-state index in [2.05, 4.69) is 19.8 Å². The van der Waals surface area contributed by atoms with Crippen molar-refractivity contribution in [3.63, 3.8) is 0 Å². The smallest absolute Gasteiger partial charge is 0.432 e. The van der Waals surface area contributed by atoms with Crippen LogP contribution >= 0.6 is 0 Å². The van der Waals surface area contributed by atoms with Crippen LogP contribution in [-0.2, 0) is 19.9 Å². The Balaban J connectivity index is 2.52. The maximum atomic E-state index is 14.1. The molecule has 3 nitrogen and oxygen atoms in total. The summed E-state index contributed by atoms with van der Waals surface area (Å²) in [6, 6.07) is 6.83. The predicted molar refractivity (Wildman–Crippen MR) is 144 cm³/mol. The van der Waals surface area contributed by atoms with Crippen molar-refractivity contribution in [2.45, 2.75) is 115 Å². The number of ether oxygens (including phenoxy) is 2. The van der Waals surface area contributed by atoms with Gasteiger partial charge in [-0.2, -0.15) is 13.2 Å². The molecule has 37 heavy (non-hydrogen) atoms. The Morgan fingerprint density at radius 1 is 0.946 bits per heavy atom. The summed E-state index contributed by atoms with van der Waals surface area (Å²) >= 11 is 0. The van der Waals surface area contributed by atoms with Crippen molar-refractivity contribution in [1.29, 1.82) is 0 Å². The zero-order valence-corrected chi connectivity index (χ0v) is 22.8. The number of carbonyl (C=O) groups excluding carboxylic acids is 1. The molecule has 0 fully saturated rings. The second-order valence-corrected chi connectivity index (χ2v) is 9.87. The van der Waals surface area contributed by atoms with Crippen molar-refractivity contribution in [2.75, 3.05) is 7.11 Å². The zero-order chi connectivity index (χ0) is 27.6. The van der Waals surface area contributed by atoms with Crippen molar-refractivity contribution in [3.8, 4) is 12.3 Å². The second kappa shape index (κ2) is 18.1. The third-order valence-electron chi connectivity index (χ3n) is 6.82. The summed E-state index contributed by atoms with van der Waals surface area (Å²) in [5.74, 6) is 1.64. The van der Waals surface area contributed by atoms with E-state index >= 15 is 0 Å². The molecule has 1 rings (SSSR count). The van der Waals surface area contributed by atoms with E-state index in [1.807, 2.05) is 0 Å². The van der Waals surface area contributed by atoms with Crippen molar-refractivity contribution in [3.05, 3.63) is 48.0 Å². The fraction of sp³-hybridized carbons (Fsp3) is 0.645. The van der Waals surface area contributed by atoms with E-state index < -0.39 is 23.9 Å². The maximum Gasteiger partial charge on any atom is 0.432 e. The van der Waals surface area contributed by atoms with Gasteiger partial charge in [0.15, 0.2) is 0 Å². The van der Waals surface area contributed by atoms with E-state index in [1.54, 1.807) is 6.07 Å². The van der Waals surface area contributed by atoms with Crippen LogP contribution in [0.4, 0.5) is 13.2 Å². The molecule has 6 heteroatoms. The highest BCUT2D eigenvalue weighted by Gasteiger charge is 2.64. The average molecular weight is 523 g/mol. The molecule has 0 amide bonds. The minimum atomic E-state index is -5.01. The van der Waals surface area contributed by atoms with Crippen LogP contribution in [0.1, 0.15) is 103 Å². The van der Waals surface area contributed by atoms with Crippen LogP contribution in [0.25, 0.3) is 0 Å². The van der Waals surface area contributed by atoms with Gasteiger partial charge in [-0.1, -0.05) is 121 Å². The van der Waals surface area contributed by atoms with E-state index in [4.69, 9.17) is 15.9 Å². The van der Waals surface area contributed by atoms with Gasteiger partial charge in [-0.25, -0.2) is 4.79 Å². The summed E-state index contributed by atoms with van der Waals surface area (Å²) in [4.78, 5) is 12.9. The first-order valence-corrected chi connectivity index (χ1v) is 13.7. The minimum Gasteiger partial charge on any atom is -0.455 e. The Labute approximate surface area is 222 Å². The SMILES string of the molecule is C#C/C=C\[C@H](CCCCCCCCCCC(C)CCCC)OC(=O)[C@@](OC)(c1ccccc1)C(F)(F)F. The van der Waals surface area contributed by atoms with Crippen LogP contribution in [0.5, 0.6) is 0 Å². The number of rotatable bonds is 19. The molecule has 1 aromatic carbocycles. The summed E-state index contributed by atoms with van der Waals surface area (Å²) in [5.41, 5.74) is -3.53. The monoisotopic (exact) mass is 522 g/mol. The van der Waals surface area contributed by atoms with Crippen molar-refractivity contribution in [1.82, 2.24) is 0 Å². The van der Waals surface area contributed by atoms with E-state index in [0.717, 1.165) is 38.7 Å². The molecule has 208 valence electrons. The van der Waals surface area contributed by atoms with Gasteiger partial charge >= 0.3 is 12.1 Å². The Bertz CT molecular complexity index is 813. The molecule has 0 spiro atoms. The first kappa shape index (κ1) is 32.8. The molecular weight excluding hydrogens is 477 g/mol. The maximum absolute atomic E-state index is 14.1. The van der Waals surface area contributed by atoms with Gasteiger partial charge in [0.25, 0.3) is 5.60 Å². The number of alkyl halides is 3. The molecule has 0 aromatic heterocycles. The fourth-order valence-corrected chi connectivity index (χ4v) is 4.56. The number of unbranched alkanes of at least 4 members (excludes halogenated alkanes) is 8. The van der Waals surface area contributed by atoms with Crippen molar-refractivity contribution in [2.24, 2.45) is 5.92 Å². The largest absolute Gasteiger partial charge is 0.455 e. The highest BCUT2D eigenvalue weighted by molar-refractivity contribution is 5.83. The average Bonchev–Trinajstić information content (AvgIpc) is 2.87. The van der Waals surface area contributed by atoms with Gasteiger partial charge in [0.05, 0.1) is 0 Å². The number of halogens is 3. The van der Waals surface area contributed by atoms with Gasteiger partial charge in [0, 0.05) is 12.7 Å². The quantitative estimate of drug-likeness (QED) is 0.103. The molecule has 0 aliphatic heterocycles. The normalized spacial score (nSPS) is 15.2. The van der Waals surface area contributed by atoms with Crippen LogP contribution < -0.4 is 0 Å². The summed E-state index contributed by atoms with van der Waals surface area (Å²) in [5, 5.41) is 0. The molecule has 3 atom stereocenters. The Morgan fingerprint density at radius 2 is 1.49 bits per heavy atom. The number of esters is 1. The van der Waals surface area contributed by atoms with Crippen molar-refractivity contribution >= 4 is 5.97 Å². The number of methoxy groups -OCH3 is 1. The van der Waals surface area contributed by atoms with E-state index in [-0.39, 0.29) is 5.56 Å². The number of benzene rings is 1. The lowest BCUT2D eigenvalue weighted by Crippen LogP contribution is -2.52. The third kappa shape index (κ3) is 11.3. The highest BCUT2D eigenvalue weighted by Crippen LogP contribution is 2.43. The molecule has 0 bridgehead atoms. The molecule has 1 aromatic rings. The topological polar surface area (TPSA) is 35.5 Å². The molecule has 0 heterocycles. The lowest BCUT2D eigenvalue weighted by molar-refractivity contribution is -0.277. The van der Waals surface area contributed by atoms with Gasteiger partial charge in [0.2, 0.25) is 0 Å². The molecular formula is C31H45F3O3. The van der Waals surface area contributed by atoms with Gasteiger partial charge in [-0.3, -0.25) is 0 Å². The number of hydrogen-bond donors (Lipinski definition) is 0. The predicted octanol–water partition coefficient (Wildman–Crippen LogP) is 8.92. The molecule has 0 saturated heterocycles. The number of carbonyl (C=O) groups is 1. The second-order valence-electron chi connectivity index (χ2n) is 9.87. The van der Waals surface area contributed by atoms with Crippen LogP contribution in [0.3, 0.4) is 0 Å². The van der Waals surface area contributed by atoms with E-state index in [0.29, 0.717) is 6.42 Å². The highest BCUT2D eigenvalue weighted by atomic mass is 19.4. The number of allylic oxidation sites excluding steroid dienone is 1. The lowest BCUT2D eigenvalue weighted by atomic mass is 9.92. The van der Waals surface area contributed by atoms with Gasteiger partial charge in [-0.15, -0.1) is 6.42 Å². The Hall–Kier alpha value is -2.26. The van der Waals surface area contributed by atoms with Crippen LogP contribution in [0, 0.1) is 18.3 Å². The number of terminal acetylenes is 1. The van der Waals surface area contributed by atoms with Crippen LogP contribution in [0.15, 0.2) is 42.5 Å². The number of hydrogen-bond acceptors (Lipinski definition) is 3. The molecule has 1 unspecified atom stereocenters. The van der Waals surface area contributed by atoms with Gasteiger partial charge in [-0.05, 0) is 30.9 Å². The molecule has 0 saturated carbocycles. The van der Waals surface area contributed by atoms with Crippen LogP contribution in [0.2, 0.25) is 0 Å². The lowest BCUT2D eigenvalue weighted by Gasteiger charge is -2.33. The summed E-state index contributed by atoms with van der Waals surface area (Å²) in [6.07, 6.45) is 16.7. The first-order chi connectivity index (χ1) is 17.7. The Kier molecular flexibility index (Phi) is 16.0. The summed E-state index contributed by atoms with van der Waals surface area (Å²) < 4.78 is 52.5. The first-order valence-electron chi connectivity index (χ1n) is 13.7.